The van der Waals surface area contributed by atoms with Gasteiger partial charge in [-0.05, 0) is 25.0 Å². The summed E-state index contributed by atoms with van der Waals surface area (Å²) in [7, 11) is 0. The van der Waals surface area contributed by atoms with Crippen LogP contribution in [-0.2, 0) is 6.54 Å². The third kappa shape index (κ3) is 1.04. The minimum absolute atomic E-state index is 0.537. The van der Waals surface area contributed by atoms with Gasteiger partial charge in [0.15, 0.2) is 5.65 Å². The molecule has 1 aliphatic carbocycles. The Hall–Kier alpha value is -1.42. The van der Waals surface area contributed by atoms with Crippen LogP contribution >= 0.6 is 0 Å². The SMILES string of the molecule is NCc1cccc2nnc(C3CC3)n12. The highest BCUT2D eigenvalue weighted by Crippen LogP contribution is 2.39. The standard InChI is InChI=1S/C10H12N4/c11-6-8-2-1-3-9-12-13-10(14(8)9)7-4-5-7/h1-3,7H,4-6,11H2. The number of hydrogen-bond donors (Lipinski definition) is 1. The Balaban J connectivity index is 2.29. The zero-order valence-electron chi connectivity index (χ0n) is 7.85. The van der Waals surface area contributed by atoms with Crippen LogP contribution in [-0.4, -0.2) is 14.6 Å². The van der Waals surface area contributed by atoms with Crippen molar-refractivity contribution in [2.75, 3.05) is 0 Å². The number of fused-ring (bicyclic) bond motifs is 1. The third-order valence-corrected chi connectivity index (χ3v) is 2.69. The van der Waals surface area contributed by atoms with E-state index in [9.17, 15) is 0 Å². The number of nitrogens with two attached hydrogens (primary N) is 1. The number of aromatic nitrogens is 3. The zero-order valence-corrected chi connectivity index (χ0v) is 7.85. The Labute approximate surface area is 81.8 Å². The van der Waals surface area contributed by atoms with E-state index in [2.05, 4.69) is 14.6 Å². The van der Waals surface area contributed by atoms with Crippen LogP contribution in [0, 0.1) is 0 Å². The highest BCUT2D eigenvalue weighted by molar-refractivity contribution is 5.41. The maximum atomic E-state index is 5.69. The Bertz CT molecular complexity index is 470. The molecule has 14 heavy (non-hydrogen) atoms. The fraction of sp³-hybridized carbons (Fsp3) is 0.400. The molecule has 0 aromatic carbocycles. The van der Waals surface area contributed by atoms with Crippen LogP contribution < -0.4 is 5.73 Å². The van der Waals surface area contributed by atoms with E-state index < -0.39 is 0 Å². The van der Waals surface area contributed by atoms with Gasteiger partial charge in [0.05, 0.1) is 0 Å². The maximum absolute atomic E-state index is 5.69. The minimum atomic E-state index is 0.537. The van der Waals surface area contributed by atoms with Gasteiger partial charge in [0, 0.05) is 18.2 Å². The van der Waals surface area contributed by atoms with Crippen LogP contribution in [0.15, 0.2) is 18.2 Å². The fourth-order valence-electron chi connectivity index (χ4n) is 1.80. The molecule has 0 amide bonds. The van der Waals surface area contributed by atoms with Crippen LogP contribution in [0.3, 0.4) is 0 Å². The molecule has 0 unspecified atom stereocenters. The molecule has 2 heterocycles. The summed E-state index contributed by atoms with van der Waals surface area (Å²) in [4.78, 5) is 0. The molecule has 0 bridgehead atoms. The van der Waals surface area contributed by atoms with Crippen molar-refractivity contribution in [3.05, 3.63) is 29.7 Å². The summed E-state index contributed by atoms with van der Waals surface area (Å²) in [5, 5.41) is 8.37. The second-order valence-corrected chi connectivity index (χ2v) is 3.75. The molecule has 0 atom stereocenters. The van der Waals surface area contributed by atoms with Crippen molar-refractivity contribution in [1.29, 1.82) is 0 Å². The van der Waals surface area contributed by atoms with Crippen LogP contribution in [0.25, 0.3) is 5.65 Å². The van der Waals surface area contributed by atoms with E-state index in [0.717, 1.165) is 17.2 Å². The van der Waals surface area contributed by atoms with Gasteiger partial charge in [0.2, 0.25) is 0 Å². The smallest absolute Gasteiger partial charge is 0.161 e. The molecule has 0 aliphatic heterocycles. The average Bonchev–Trinajstić information content (AvgIpc) is 2.97. The van der Waals surface area contributed by atoms with Crippen molar-refractivity contribution in [3.63, 3.8) is 0 Å². The lowest BCUT2D eigenvalue weighted by Crippen LogP contribution is -2.05. The van der Waals surface area contributed by atoms with E-state index in [-0.39, 0.29) is 0 Å². The zero-order chi connectivity index (χ0) is 9.54. The van der Waals surface area contributed by atoms with Gasteiger partial charge in [0.1, 0.15) is 5.82 Å². The quantitative estimate of drug-likeness (QED) is 0.766. The molecule has 2 aromatic rings. The molecule has 0 spiro atoms. The predicted octanol–water partition coefficient (Wildman–Crippen LogP) is 1.07. The van der Waals surface area contributed by atoms with Gasteiger partial charge >= 0.3 is 0 Å². The lowest BCUT2D eigenvalue weighted by molar-refractivity contribution is 0.848. The number of rotatable bonds is 2. The van der Waals surface area contributed by atoms with Gasteiger partial charge in [0.25, 0.3) is 0 Å². The summed E-state index contributed by atoms with van der Waals surface area (Å²) >= 11 is 0. The van der Waals surface area contributed by atoms with Crippen molar-refractivity contribution in [1.82, 2.24) is 14.6 Å². The molecular weight excluding hydrogens is 176 g/mol. The first-order valence-corrected chi connectivity index (χ1v) is 4.93. The van der Waals surface area contributed by atoms with Crippen molar-refractivity contribution in [3.8, 4) is 0 Å². The predicted molar refractivity (Wildman–Crippen MR) is 52.9 cm³/mol. The second-order valence-electron chi connectivity index (χ2n) is 3.75. The molecule has 3 rings (SSSR count). The summed E-state index contributed by atoms with van der Waals surface area (Å²) in [5.74, 6) is 1.69. The van der Waals surface area contributed by atoms with Gasteiger partial charge in [-0.2, -0.15) is 0 Å². The molecule has 2 aromatic heterocycles. The lowest BCUT2D eigenvalue weighted by atomic mass is 10.3. The first-order chi connectivity index (χ1) is 6.90. The summed E-state index contributed by atoms with van der Waals surface area (Å²) in [6.45, 7) is 0.537. The molecule has 4 nitrogen and oxygen atoms in total. The fourth-order valence-corrected chi connectivity index (χ4v) is 1.80. The van der Waals surface area contributed by atoms with Gasteiger partial charge in [-0.15, -0.1) is 10.2 Å². The summed E-state index contributed by atoms with van der Waals surface area (Å²) in [5.41, 5.74) is 7.69. The first kappa shape index (κ1) is 7.94. The van der Waals surface area contributed by atoms with Crippen molar-refractivity contribution < 1.29 is 0 Å². The third-order valence-electron chi connectivity index (χ3n) is 2.69. The Morgan fingerprint density at radius 3 is 2.93 bits per heavy atom. The van der Waals surface area contributed by atoms with Gasteiger partial charge in [-0.25, -0.2) is 0 Å². The van der Waals surface area contributed by atoms with Gasteiger partial charge < -0.3 is 5.73 Å². The van der Waals surface area contributed by atoms with Crippen LogP contribution in [0.5, 0.6) is 0 Å². The van der Waals surface area contributed by atoms with Gasteiger partial charge in [-0.3, -0.25) is 4.40 Å². The second kappa shape index (κ2) is 2.78. The van der Waals surface area contributed by atoms with Crippen LogP contribution in [0.4, 0.5) is 0 Å². The topological polar surface area (TPSA) is 56.2 Å². The highest BCUT2D eigenvalue weighted by Gasteiger charge is 2.29. The molecule has 4 heteroatoms. The molecule has 0 saturated heterocycles. The summed E-state index contributed by atoms with van der Waals surface area (Å²) in [6.07, 6.45) is 2.47. The Morgan fingerprint density at radius 2 is 2.21 bits per heavy atom. The molecule has 1 saturated carbocycles. The average molecular weight is 188 g/mol. The van der Waals surface area contributed by atoms with E-state index in [0.29, 0.717) is 12.5 Å². The van der Waals surface area contributed by atoms with E-state index in [1.165, 1.54) is 12.8 Å². The number of pyridine rings is 1. The highest BCUT2D eigenvalue weighted by atomic mass is 15.3. The van der Waals surface area contributed by atoms with E-state index >= 15 is 0 Å². The van der Waals surface area contributed by atoms with Crippen LogP contribution in [0.2, 0.25) is 0 Å². The van der Waals surface area contributed by atoms with Gasteiger partial charge in [-0.1, -0.05) is 6.07 Å². The molecule has 72 valence electrons. The maximum Gasteiger partial charge on any atom is 0.161 e. The van der Waals surface area contributed by atoms with Crippen molar-refractivity contribution in [2.45, 2.75) is 25.3 Å². The van der Waals surface area contributed by atoms with E-state index in [1.807, 2.05) is 18.2 Å². The molecule has 2 N–H and O–H groups in total. The van der Waals surface area contributed by atoms with Crippen molar-refractivity contribution >= 4 is 5.65 Å². The summed E-state index contributed by atoms with van der Waals surface area (Å²) < 4.78 is 2.09. The van der Waals surface area contributed by atoms with Crippen molar-refractivity contribution in [2.24, 2.45) is 5.73 Å². The number of nitrogens with zero attached hydrogens (tertiary/aromatic N) is 3. The van der Waals surface area contributed by atoms with E-state index in [4.69, 9.17) is 5.73 Å². The minimum Gasteiger partial charge on any atom is -0.325 e. The van der Waals surface area contributed by atoms with E-state index in [1.54, 1.807) is 0 Å². The molecule has 1 aliphatic rings. The Morgan fingerprint density at radius 1 is 1.36 bits per heavy atom. The molecular formula is C10H12N4. The summed E-state index contributed by atoms with van der Waals surface area (Å²) in [6, 6.07) is 5.98. The normalized spacial score (nSPS) is 16.4. The molecule has 1 fully saturated rings. The number of hydrogen-bond acceptors (Lipinski definition) is 3. The molecule has 0 radical (unpaired) electrons. The lowest BCUT2D eigenvalue weighted by Gasteiger charge is -2.03. The largest absolute Gasteiger partial charge is 0.325 e. The monoisotopic (exact) mass is 188 g/mol. The first-order valence-electron chi connectivity index (χ1n) is 4.93. The van der Waals surface area contributed by atoms with Crippen LogP contribution in [0.1, 0.15) is 30.3 Å². The Kier molecular flexibility index (Phi) is 1.58.